The van der Waals surface area contributed by atoms with Gasteiger partial charge >= 0.3 is 385 Å². The second kappa shape index (κ2) is 18.1. The summed E-state index contributed by atoms with van der Waals surface area (Å²) < 4.78 is 0. The molecular weight excluding hydrogens is 810 g/mol. The Morgan fingerprint density at radius 2 is 0.629 bits per heavy atom. The summed E-state index contributed by atoms with van der Waals surface area (Å²) in [7, 11) is 64.1. The van der Waals surface area contributed by atoms with Crippen molar-refractivity contribution in [2.24, 2.45) is 0 Å². The second-order valence-electron chi connectivity index (χ2n) is 22.8. The zero-order chi connectivity index (χ0) is 52.2. The summed E-state index contributed by atoms with van der Waals surface area (Å²) in [6.45, 7) is 4.92. The molecule has 312 valence electrons. The van der Waals surface area contributed by atoms with Crippen LogP contribution in [0.5, 0.6) is 0 Å². The molecule has 1 aliphatic rings. The van der Waals surface area contributed by atoms with E-state index in [0.29, 0.717) is 5.92 Å². The molecule has 8 rings (SSSR count). The first-order valence-corrected chi connectivity index (χ1v) is 26.3. The van der Waals surface area contributed by atoms with Gasteiger partial charge in [0.15, 0.2) is 0 Å². The quantitative estimate of drug-likeness (QED) is 0.119. The maximum absolute atomic E-state index is 4.61. The fourth-order valence-electron chi connectivity index (χ4n) is 14.0. The second-order valence-corrected chi connectivity index (χ2v) is 22.8. The van der Waals surface area contributed by atoms with E-state index in [2.05, 4.69) is 217 Å². The third-order valence-corrected chi connectivity index (χ3v) is 20.2. The molecular formula is C44H58B26. The van der Waals surface area contributed by atoms with Gasteiger partial charge in [-0.2, -0.15) is 0 Å². The van der Waals surface area contributed by atoms with E-state index in [0.717, 1.165) is 5.36 Å². The molecule has 0 saturated heterocycles. The summed E-state index contributed by atoms with van der Waals surface area (Å²) in [6, 6.07) is 0. The van der Waals surface area contributed by atoms with Crippen LogP contribution >= 0.6 is 0 Å². The first-order valence-electron chi connectivity index (χ1n) is 26.3. The van der Waals surface area contributed by atoms with Crippen LogP contribution in [0.4, 0.5) is 0 Å². The van der Waals surface area contributed by atoms with Crippen LogP contribution in [0.15, 0.2) is 10.9 Å². The third-order valence-electron chi connectivity index (χ3n) is 20.2. The van der Waals surface area contributed by atoms with Gasteiger partial charge in [-0.1, -0.05) is 17.9 Å². The van der Waals surface area contributed by atoms with Crippen molar-refractivity contribution in [3.8, 4) is 33.4 Å². The molecule has 0 saturated carbocycles. The van der Waals surface area contributed by atoms with Gasteiger partial charge in [0.25, 0.3) is 0 Å². The Bertz CT molecular complexity index is 3670. The van der Waals surface area contributed by atoms with Crippen LogP contribution in [0.3, 0.4) is 0 Å². The molecule has 0 fully saturated rings. The summed E-state index contributed by atoms with van der Waals surface area (Å²) in [5.41, 5.74) is 47.7. The van der Waals surface area contributed by atoms with Crippen molar-refractivity contribution in [1.82, 2.24) is 0 Å². The predicted octanol–water partition coefficient (Wildman–Crippen LogP) is -28.7. The van der Waals surface area contributed by atoms with Crippen LogP contribution in [-0.4, -0.2) is 209 Å². The van der Waals surface area contributed by atoms with Crippen LogP contribution in [-0.2, 0) is 0 Å². The van der Waals surface area contributed by atoms with Gasteiger partial charge in [-0.25, -0.2) is 0 Å². The van der Waals surface area contributed by atoms with Crippen LogP contribution in [0.2, 0.25) is 0 Å². The number of hydrogen-bond donors (Lipinski definition) is 0. The normalized spacial score (nSPS) is 13.9. The molecule has 0 aliphatic heterocycles. The van der Waals surface area contributed by atoms with Crippen molar-refractivity contribution in [3.63, 3.8) is 0 Å². The van der Waals surface area contributed by atoms with Gasteiger partial charge in [-0.05, 0) is 0 Å². The zero-order valence-corrected chi connectivity index (χ0v) is 48.8. The Kier molecular flexibility index (Phi) is 13.6. The first-order chi connectivity index (χ1) is 32.5. The van der Waals surface area contributed by atoms with Gasteiger partial charge < -0.3 is 0 Å². The Balaban J connectivity index is 1.74. The molecule has 0 N–H and O–H groups in total. The monoisotopic (exact) mass is 873 g/mol. The minimum atomic E-state index is 0.324. The minimum absolute atomic E-state index is 0.324. The molecule has 0 aromatic heterocycles. The van der Waals surface area contributed by atoms with Crippen molar-refractivity contribution in [1.29, 1.82) is 0 Å². The number of rotatable bonds is 5. The average Bonchev–Trinajstić information content (AvgIpc) is 3.54. The van der Waals surface area contributed by atoms with Crippen LogP contribution in [0.1, 0.15) is 35.1 Å². The van der Waals surface area contributed by atoms with E-state index in [1.165, 1.54) is 219 Å². The van der Waals surface area contributed by atoms with Crippen LogP contribution < -0.4 is 109 Å². The first kappa shape index (κ1) is 52.7. The van der Waals surface area contributed by atoms with Crippen molar-refractivity contribution in [2.45, 2.75) is 19.8 Å². The molecule has 70 heavy (non-hydrogen) atoms. The van der Waals surface area contributed by atoms with Crippen molar-refractivity contribution in [3.05, 3.63) is 33.2 Å². The topological polar surface area (TPSA) is 0 Å². The number of fused-ring (bicyclic) bond motifs is 4. The summed E-state index contributed by atoms with van der Waals surface area (Å²) >= 11 is 0. The fraction of sp³-hybridized carbons (Fsp3) is 0.0682. The molecule has 0 amide bonds. The van der Waals surface area contributed by atoms with E-state index >= 15 is 0 Å². The van der Waals surface area contributed by atoms with E-state index in [-0.39, 0.29) is 0 Å². The van der Waals surface area contributed by atoms with Gasteiger partial charge in [0.2, 0.25) is 0 Å². The molecule has 0 heterocycles. The van der Waals surface area contributed by atoms with Crippen molar-refractivity contribution in [2.75, 3.05) is 0 Å². The fourth-order valence-corrected chi connectivity index (χ4v) is 14.0. The molecule has 1 unspecified atom stereocenters. The van der Waals surface area contributed by atoms with Gasteiger partial charge in [0.05, 0.1) is 0 Å². The van der Waals surface area contributed by atoms with E-state index in [1.54, 1.807) is 0 Å². The van der Waals surface area contributed by atoms with Gasteiger partial charge in [0.1, 0.15) is 39.2 Å². The Morgan fingerprint density at radius 1 is 0.329 bits per heavy atom. The van der Waals surface area contributed by atoms with Crippen molar-refractivity contribution >= 4 is 362 Å². The summed E-state index contributed by atoms with van der Waals surface area (Å²) in [5.74, 6) is 0.324. The number of allylic oxidation sites excluding steroid dienone is 2. The number of hydrogen-bond acceptors (Lipinski definition) is 0. The molecule has 0 nitrogen and oxygen atoms in total. The molecule has 0 bridgehead atoms. The molecule has 7 aromatic carbocycles. The van der Waals surface area contributed by atoms with Crippen LogP contribution in [0.25, 0.3) is 76.6 Å². The molecule has 0 spiro atoms. The van der Waals surface area contributed by atoms with Gasteiger partial charge in [-0.3, -0.25) is 0 Å². The third kappa shape index (κ3) is 6.98. The molecule has 0 radical (unpaired) electrons. The Labute approximate surface area is 444 Å². The van der Waals surface area contributed by atoms with Crippen LogP contribution in [0, 0.1) is 6.92 Å². The standard InChI is InChI=1S/C44H58B26/c1-3-6(23(48)43(68)44(69)70)11(24(49)22(47)7(3)17-21(46)18-19(32(57)31(17)56)35(60)42(67)41(66)34(18)59)9-14-12(26(51)37(62)39(64)28(14)53)8(13-15(9)29(54)40(65)38(63)27(13)52)10-5-4(2)20(45)30(55)16(5)33(58)36(61)25(10)50/h4,69H,45-68,70H2,1-2H3/b43-23-. The molecule has 26 heteroatoms. The molecule has 1 atom stereocenters. The van der Waals surface area contributed by atoms with Crippen molar-refractivity contribution < 1.29 is 0 Å². The molecule has 7 aromatic rings. The van der Waals surface area contributed by atoms with E-state index in [4.69, 9.17) is 0 Å². The Hall–Kier alpha value is -3.64. The van der Waals surface area contributed by atoms with E-state index in [9.17, 15) is 0 Å². The SMILES string of the molecule is B=C(B)/C(B)=C(/B)c1c(C)c(-c2c(B)c(B)c3c(B)c(B)c(B)c(B)c3c2B)c(B)c(B)c1-c1c2c(B)c(B)c(B)c(B)c2c(-c2c(B)c(B)c(B)c3c2C(C)C(B)=C3B)c2c(B)c(B)c(B)c(B)c12. The zero-order valence-electron chi connectivity index (χ0n) is 48.8. The maximum atomic E-state index is 4.61. The molecule has 1 aliphatic carbocycles. The predicted molar refractivity (Wildman–Crippen MR) is 401 cm³/mol. The van der Waals surface area contributed by atoms with Gasteiger partial charge in [-0.15, -0.1) is 5.47 Å². The van der Waals surface area contributed by atoms with Gasteiger partial charge in [0, 0.05) is 0 Å². The summed E-state index contributed by atoms with van der Waals surface area (Å²) in [5, 5.41) is 9.65. The van der Waals surface area contributed by atoms with E-state index in [1.807, 2.05) is 0 Å². The summed E-state index contributed by atoms with van der Waals surface area (Å²) in [4.78, 5) is 0. The number of benzene rings is 7. The summed E-state index contributed by atoms with van der Waals surface area (Å²) in [6.07, 6.45) is 0. The van der Waals surface area contributed by atoms with E-state index < -0.39 is 0 Å². The average molecular weight is 868 g/mol. The Morgan fingerprint density at radius 3 is 1.04 bits per heavy atom.